The fraction of sp³-hybridized carbons (Fsp3) is 0.538. The molecular formula is C13H18BrN3O3. The van der Waals surface area contributed by atoms with Crippen molar-refractivity contribution < 1.29 is 14.0 Å². The van der Waals surface area contributed by atoms with E-state index in [1.807, 2.05) is 0 Å². The third-order valence-corrected chi connectivity index (χ3v) is 3.70. The van der Waals surface area contributed by atoms with E-state index in [1.165, 1.54) is 4.90 Å². The van der Waals surface area contributed by atoms with Gasteiger partial charge in [0.05, 0.1) is 6.54 Å². The molecule has 1 aromatic rings. The Balaban J connectivity index is 1.76. The van der Waals surface area contributed by atoms with E-state index >= 15 is 0 Å². The van der Waals surface area contributed by atoms with Gasteiger partial charge in [-0.1, -0.05) is 0 Å². The number of halogens is 1. The summed E-state index contributed by atoms with van der Waals surface area (Å²) in [4.78, 5) is 25.0. The summed E-state index contributed by atoms with van der Waals surface area (Å²) in [5.74, 6) is 0.178. The molecule has 2 rings (SSSR count). The van der Waals surface area contributed by atoms with Crippen LogP contribution in [0.5, 0.6) is 0 Å². The maximum atomic E-state index is 12.0. The Kier molecular flexibility index (Phi) is 4.82. The number of hydrogen-bond donors (Lipinski definition) is 2. The van der Waals surface area contributed by atoms with E-state index in [2.05, 4.69) is 21.2 Å². The highest BCUT2D eigenvalue weighted by atomic mass is 79.9. The molecule has 2 amide bonds. The molecule has 1 aromatic heterocycles. The zero-order valence-corrected chi connectivity index (χ0v) is 12.9. The second-order valence-corrected chi connectivity index (χ2v) is 5.85. The molecule has 7 heteroatoms. The van der Waals surface area contributed by atoms with E-state index in [0.717, 1.165) is 12.8 Å². The number of likely N-dealkylation sites (N-methyl/N-ethyl adjacent to an activating group) is 1. The Morgan fingerprint density at radius 1 is 1.55 bits per heavy atom. The van der Waals surface area contributed by atoms with Crippen molar-refractivity contribution in [2.75, 3.05) is 20.1 Å². The average molecular weight is 344 g/mol. The Labute approximate surface area is 125 Å². The lowest BCUT2D eigenvalue weighted by Gasteiger charge is -2.17. The highest BCUT2D eigenvalue weighted by Gasteiger charge is 2.28. The Bertz CT molecular complexity index is 499. The first kappa shape index (κ1) is 15.1. The first-order valence-electron chi connectivity index (χ1n) is 6.50. The average Bonchev–Trinajstić information content (AvgIpc) is 3.17. The van der Waals surface area contributed by atoms with Crippen LogP contribution in [0, 0.1) is 5.92 Å². The lowest BCUT2D eigenvalue weighted by atomic mass is 10.2. The van der Waals surface area contributed by atoms with Gasteiger partial charge in [0.2, 0.25) is 5.91 Å². The maximum Gasteiger partial charge on any atom is 0.289 e. The summed E-state index contributed by atoms with van der Waals surface area (Å²) in [6.45, 7) is 0.437. The van der Waals surface area contributed by atoms with Crippen molar-refractivity contribution in [3.05, 3.63) is 22.6 Å². The van der Waals surface area contributed by atoms with Crippen molar-refractivity contribution in [3.63, 3.8) is 0 Å². The van der Waals surface area contributed by atoms with Crippen molar-refractivity contribution in [1.82, 2.24) is 10.2 Å². The van der Waals surface area contributed by atoms with Crippen molar-refractivity contribution in [2.24, 2.45) is 11.7 Å². The zero-order valence-electron chi connectivity index (χ0n) is 11.3. The van der Waals surface area contributed by atoms with Crippen LogP contribution in [0.3, 0.4) is 0 Å². The van der Waals surface area contributed by atoms with Gasteiger partial charge in [0, 0.05) is 19.6 Å². The van der Waals surface area contributed by atoms with Gasteiger partial charge >= 0.3 is 0 Å². The number of carbonyl (C=O) groups is 2. The summed E-state index contributed by atoms with van der Waals surface area (Å²) in [6.07, 6.45) is 2.28. The molecule has 1 aliphatic rings. The predicted octanol–water partition coefficient (Wildman–Crippen LogP) is 0.968. The number of hydrogen-bond acceptors (Lipinski definition) is 4. The quantitative estimate of drug-likeness (QED) is 0.805. The fourth-order valence-electron chi connectivity index (χ4n) is 1.88. The molecule has 0 bridgehead atoms. The van der Waals surface area contributed by atoms with Crippen LogP contribution >= 0.6 is 15.9 Å². The molecule has 110 valence electrons. The van der Waals surface area contributed by atoms with Crippen LogP contribution in [0.25, 0.3) is 0 Å². The molecule has 3 N–H and O–H groups in total. The topological polar surface area (TPSA) is 88.6 Å². The molecule has 6 nitrogen and oxygen atoms in total. The second kappa shape index (κ2) is 6.41. The van der Waals surface area contributed by atoms with Gasteiger partial charge in [-0.05, 0) is 46.8 Å². The highest BCUT2D eigenvalue weighted by molar-refractivity contribution is 9.10. The largest absolute Gasteiger partial charge is 0.444 e. The monoisotopic (exact) mass is 343 g/mol. The van der Waals surface area contributed by atoms with Gasteiger partial charge in [-0.25, -0.2) is 0 Å². The van der Waals surface area contributed by atoms with E-state index in [9.17, 15) is 9.59 Å². The van der Waals surface area contributed by atoms with Crippen LogP contribution < -0.4 is 11.1 Å². The molecule has 1 atom stereocenters. The van der Waals surface area contributed by atoms with Gasteiger partial charge in [0.1, 0.15) is 0 Å². The molecule has 0 radical (unpaired) electrons. The van der Waals surface area contributed by atoms with Crippen LogP contribution in [0.2, 0.25) is 0 Å². The minimum absolute atomic E-state index is 0.0148. The smallest absolute Gasteiger partial charge is 0.289 e. The molecule has 1 aliphatic carbocycles. The van der Waals surface area contributed by atoms with E-state index in [4.69, 9.17) is 10.2 Å². The molecule has 0 aliphatic heterocycles. The predicted molar refractivity (Wildman–Crippen MR) is 77.1 cm³/mol. The summed E-state index contributed by atoms with van der Waals surface area (Å²) in [5.41, 5.74) is 5.90. The number of furan rings is 1. The van der Waals surface area contributed by atoms with Gasteiger partial charge in [-0.15, -0.1) is 0 Å². The number of nitrogens with zero attached hydrogens (tertiary/aromatic N) is 1. The molecule has 1 unspecified atom stereocenters. The lowest BCUT2D eigenvalue weighted by molar-refractivity contribution is -0.121. The van der Waals surface area contributed by atoms with E-state index < -0.39 is 0 Å². The first-order valence-corrected chi connectivity index (χ1v) is 7.29. The summed E-state index contributed by atoms with van der Waals surface area (Å²) in [7, 11) is 1.55. The van der Waals surface area contributed by atoms with Gasteiger partial charge in [-0.2, -0.15) is 0 Å². The SMILES string of the molecule is CN(CC(=O)NCC(N)C1CC1)C(=O)c1ccc(Br)o1. The van der Waals surface area contributed by atoms with Crippen LogP contribution in [0.1, 0.15) is 23.4 Å². The number of carbonyl (C=O) groups excluding carboxylic acids is 2. The van der Waals surface area contributed by atoms with Crippen LogP contribution in [-0.2, 0) is 4.79 Å². The van der Waals surface area contributed by atoms with Gasteiger partial charge in [0.25, 0.3) is 5.91 Å². The summed E-state index contributed by atoms with van der Waals surface area (Å²) < 4.78 is 5.64. The van der Waals surface area contributed by atoms with E-state index in [1.54, 1.807) is 19.2 Å². The zero-order chi connectivity index (χ0) is 14.7. The molecule has 20 heavy (non-hydrogen) atoms. The number of rotatable bonds is 6. The van der Waals surface area contributed by atoms with Crippen LogP contribution in [0.4, 0.5) is 0 Å². The minimum atomic E-state index is -0.336. The minimum Gasteiger partial charge on any atom is -0.444 e. The van der Waals surface area contributed by atoms with E-state index in [0.29, 0.717) is 17.1 Å². The van der Waals surface area contributed by atoms with Gasteiger partial charge in [-0.3, -0.25) is 9.59 Å². The molecular weight excluding hydrogens is 326 g/mol. The van der Waals surface area contributed by atoms with Crippen LogP contribution in [0.15, 0.2) is 21.2 Å². The Morgan fingerprint density at radius 3 is 2.80 bits per heavy atom. The summed E-state index contributed by atoms with van der Waals surface area (Å²) in [5, 5.41) is 2.75. The maximum absolute atomic E-state index is 12.0. The standard InChI is InChI=1S/C13H18BrN3O3/c1-17(13(19)10-4-5-11(14)20-10)7-12(18)16-6-9(15)8-2-3-8/h4-5,8-9H,2-3,6-7,15H2,1H3,(H,16,18). The van der Waals surface area contributed by atoms with Crippen molar-refractivity contribution in [1.29, 1.82) is 0 Å². The van der Waals surface area contributed by atoms with Crippen molar-refractivity contribution in [3.8, 4) is 0 Å². The molecule has 0 saturated heterocycles. The second-order valence-electron chi connectivity index (χ2n) is 5.07. The number of nitrogens with two attached hydrogens (primary N) is 1. The van der Waals surface area contributed by atoms with Crippen molar-refractivity contribution in [2.45, 2.75) is 18.9 Å². The fourth-order valence-corrected chi connectivity index (χ4v) is 2.19. The lowest BCUT2D eigenvalue weighted by Crippen LogP contribution is -2.43. The molecule has 0 aromatic carbocycles. The molecule has 1 fully saturated rings. The van der Waals surface area contributed by atoms with Gasteiger partial charge < -0.3 is 20.4 Å². The third kappa shape index (κ3) is 4.08. The van der Waals surface area contributed by atoms with E-state index in [-0.39, 0.29) is 30.2 Å². The van der Waals surface area contributed by atoms with Crippen molar-refractivity contribution >= 4 is 27.7 Å². The Morgan fingerprint density at radius 2 is 2.25 bits per heavy atom. The van der Waals surface area contributed by atoms with Gasteiger partial charge in [0.15, 0.2) is 10.4 Å². The normalized spacial score (nSPS) is 15.8. The summed E-state index contributed by atoms with van der Waals surface area (Å²) >= 11 is 3.13. The molecule has 1 saturated carbocycles. The summed E-state index contributed by atoms with van der Waals surface area (Å²) in [6, 6.07) is 3.21. The first-order chi connectivity index (χ1) is 9.47. The molecule has 0 spiro atoms. The Hall–Kier alpha value is -1.34. The molecule has 1 heterocycles. The third-order valence-electron chi connectivity index (χ3n) is 3.27. The number of amides is 2. The highest BCUT2D eigenvalue weighted by Crippen LogP contribution is 2.31. The number of nitrogens with one attached hydrogen (secondary N) is 1. The van der Waals surface area contributed by atoms with Crippen LogP contribution in [-0.4, -0.2) is 42.9 Å².